The van der Waals surface area contributed by atoms with Crippen LogP contribution in [-0.4, -0.2) is 32.7 Å². The fourth-order valence-corrected chi connectivity index (χ4v) is 3.57. The third kappa shape index (κ3) is 3.84. The zero-order chi connectivity index (χ0) is 18.0. The van der Waals surface area contributed by atoms with Crippen LogP contribution in [0.5, 0.6) is 0 Å². The van der Waals surface area contributed by atoms with Crippen molar-refractivity contribution in [2.75, 3.05) is 5.73 Å². The maximum atomic E-state index is 12.6. The molecule has 0 aromatic carbocycles. The lowest BCUT2D eigenvalue weighted by atomic mass is 10.2. The summed E-state index contributed by atoms with van der Waals surface area (Å²) in [5, 5.41) is 4.34. The van der Waals surface area contributed by atoms with E-state index in [4.69, 9.17) is 5.73 Å². The molecule has 24 heavy (non-hydrogen) atoms. The molecule has 0 aliphatic heterocycles. The van der Waals surface area contributed by atoms with Gasteiger partial charge in [0.25, 0.3) is 5.56 Å². The van der Waals surface area contributed by atoms with Crippen molar-refractivity contribution in [3.63, 3.8) is 0 Å². The summed E-state index contributed by atoms with van der Waals surface area (Å²) in [6, 6.07) is 5.59. The highest BCUT2D eigenvalue weighted by atomic mass is 32.1. The molecule has 130 valence electrons. The molecule has 2 N–H and O–H groups in total. The molecule has 2 aromatic heterocycles. The predicted molar refractivity (Wildman–Crippen MR) is 98.1 cm³/mol. The number of thiophene rings is 1. The van der Waals surface area contributed by atoms with Crippen LogP contribution in [0.1, 0.15) is 32.6 Å². The van der Waals surface area contributed by atoms with E-state index >= 15 is 0 Å². The average Bonchev–Trinajstić information content (AvgIpc) is 2.89. The van der Waals surface area contributed by atoms with E-state index in [1.807, 2.05) is 46.8 Å². The third-order valence-electron chi connectivity index (χ3n) is 3.68. The molecule has 1 amide bonds. The largest absolute Gasteiger partial charge is 0.394 e. The van der Waals surface area contributed by atoms with Crippen molar-refractivity contribution < 1.29 is 4.79 Å². The highest BCUT2D eigenvalue weighted by molar-refractivity contribution is 7.15. The minimum atomic E-state index is -0.437. The molecule has 2 heterocycles. The second kappa shape index (κ2) is 7.17. The second-order valence-electron chi connectivity index (χ2n) is 6.35. The Bertz CT molecular complexity index is 784. The molecule has 0 saturated carbocycles. The van der Waals surface area contributed by atoms with E-state index < -0.39 is 5.56 Å². The van der Waals surface area contributed by atoms with E-state index in [1.54, 1.807) is 22.3 Å². The van der Waals surface area contributed by atoms with E-state index in [1.165, 1.54) is 4.68 Å². The Labute approximate surface area is 145 Å². The Morgan fingerprint density at radius 2 is 1.92 bits per heavy atom. The topological polar surface area (TPSA) is 81.2 Å². The molecule has 0 saturated heterocycles. The number of carbonyl (C=O) groups is 1. The van der Waals surface area contributed by atoms with Crippen LogP contribution in [0.2, 0.25) is 0 Å². The molecule has 0 unspecified atom stereocenters. The van der Waals surface area contributed by atoms with Gasteiger partial charge in [0, 0.05) is 17.0 Å². The van der Waals surface area contributed by atoms with Crippen LogP contribution in [0.3, 0.4) is 0 Å². The average molecular weight is 348 g/mol. The molecule has 0 fully saturated rings. The summed E-state index contributed by atoms with van der Waals surface area (Å²) >= 11 is 1.57. The van der Waals surface area contributed by atoms with Gasteiger partial charge in [-0.1, -0.05) is 0 Å². The molecular weight excluding hydrogens is 324 g/mol. The molecule has 0 aliphatic rings. The number of anilines is 1. The number of nitrogens with zero attached hydrogens (tertiary/aromatic N) is 3. The minimum absolute atomic E-state index is 0.0497. The third-order valence-corrected chi connectivity index (χ3v) is 4.70. The summed E-state index contributed by atoms with van der Waals surface area (Å²) in [7, 11) is 0. The van der Waals surface area contributed by atoms with Crippen molar-refractivity contribution in [2.45, 2.75) is 53.2 Å². The van der Waals surface area contributed by atoms with Crippen molar-refractivity contribution in [1.29, 1.82) is 0 Å². The molecule has 0 aliphatic carbocycles. The summed E-state index contributed by atoms with van der Waals surface area (Å²) < 4.78 is 1.17. The van der Waals surface area contributed by atoms with Gasteiger partial charge in [0.05, 0.1) is 4.88 Å². The lowest BCUT2D eigenvalue weighted by molar-refractivity contribution is -0.135. The highest BCUT2D eigenvalue weighted by Crippen LogP contribution is 2.26. The normalized spacial score (nSPS) is 11.3. The van der Waals surface area contributed by atoms with Crippen LogP contribution in [0.15, 0.2) is 23.0 Å². The van der Waals surface area contributed by atoms with E-state index in [0.29, 0.717) is 5.69 Å². The van der Waals surface area contributed by atoms with Crippen LogP contribution in [0, 0.1) is 6.92 Å². The summed E-state index contributed by atoms with van der Waals surface area (Å²) in [4.78, 5) is 28.7. The quantitative estimate of drug-likeness (QED) is 0.900. The number of aromatic nitrogens is 2. The Balaban J connectivity index is 2.38. The Morgan fingerprint density at radius 3 is 2.42 bits per heavy atom. The van der Waals surface area contributed by atoms with E-state index in [-0.39, 0.29) is 30.2 Å². The molecule has 0 spiro atoms. The summed E-state index contributed by atoms with van der Waals surface area (Å²) in [6.45, 7) is 9.69. The zero-order valence-electron chi connectivity index (χ0n) is 14.7. The maximum absolute atomic E-state index is 12.6. The van der Waals surface area contributed by atoms with Gasteiger partial charge in [-0.25, -0.2) is 4.68 Å². The molecule has 0 radical (unpaired) electrons. The van der Waals surface area contributed by atoms with E-state index in [2.05, 4.69) is 5.10 Å². The van der Waals surface area contributed by atoms with Crippen molar-refractivity contribution in [3.05, 3.63) is 33.4 Å². The molecule has 0 atom stereocenters. The number of hydrogen-bond acceptors (Lipinski definition) is 5. The standard InChI is InChI=1S/C17H24N4O2S/c1-10(2)21(11(3)4)16(22)9-20-17(23)13(18)8-14(19-20)15-7-6-12(5)24-15/h6-8,10-11H,9,18H2,1-5H3. The minimum Gasteiger partial charge on any atom is -0.394 e. The van der Waals surface area contributed by atoms with Crippen molar-refractivity contribution >= 4 is 22.9 Å². The lowest BCUT2D eigenvalue weighted by Crippen LogP contribution is -2.45. The second-order valence-corrected chi connectivity index (χ2v) is 7.63. The smallest absolute Gasteiger partial charge is 0.290 e. The number of nitrogens with two attached hydrogens (primary N) is 1. The lowest BCUT2D eigenvalue weighted by Gasteiger charge is -2.30. The van der Waals surface area contributed by atoms with Gasteiger partial charge < -0.3 is 10.6 Å². The van der Waals surface area contributed by atoms with Gasteiger partial charge in [-0.3, -0.25) is 9.59 Å². The van der Waals surface area contributed by atoms with Crippen LogP contribution in [-0.2, 0) is 11.3 Å². The molecular formula is C17H24N4O2S. The summed E-state index contributed by atoms with van der Waals surface area (Å²) in [6.07, 6.45) is 0. The van der Waals surface area contributed by atoms with E-state index in [0.717, 1.165) is 9.75 Å². The van der Waals surface area contributed by atoms with Crippen molar-refractivity contribution in [3.8, 4) is 10.6 Å². The number of hydrogen-bond donors (Lipinski definition) is 1. The van der Waals surface area contributed by atoms with Crippen LogP contribution in [0.4, 0.5) is 5.69 Å². The fraction of sp³-hybridized carbons (Fsp3) is 0.471. The van der Waals surface area contributed by atoms with Gasteiger partial charge >= 0.3 is 0 Å². The van der Waals surface area contributed by atoms with Gasteiger partial charge in [0.1, 0.15) is 17.9 Å². The SMILES string of the molecule is Cc1ccc(-c2cc(N)c(=O)n(CC(=O)N(C(C)C)C(C)C)n2)s1. The van der Waals surface area contributed by atoms with Gasteiger partial charge in [-0.15, -0.1) is 11.3 Å². The van der Waals surface area contributed by atoms with Gasteiger partial charge in [-0.05, 0) is 52.8 Å². The molecule has 7 heteroatoms. The summed E-state index contributed by atoms with van der Waals surface area (Å²) in [5.74, 6) is -0.145. The first-order chi connectivity index (χ1) is 11.2. The first-order valence-electron chi connectivity index (χ1n) is 7.96. The van der Waals surface area contributed by atoms with Gasteiger partial charge in [-0.2, -0.15) is 5.10 Å². The van der Waals surface area contributed by atoms with Crippen molar-refractivity contribution in [2.24, 2.45) is 0 Å². The Hall–Kier alpha value is -2.15. The number of nitrogen functional groups attached to an aromatic ring is 1. The fourth-order valence-electron chi connectivity index (χ4n) is 2.74. The molecule has 2 rings (SSSR count). The van der Waals surface area contributed by atoms with E-state index in [9.17, 15) is 9.59 Å². The van der Waals surface area contributed by atoms with Crippen LogP contribution < -0.4 is 11.3 Å². The zero-order valence-corrected chi connectivity index (χ0v) is 15.6. The number of carbonyl (C=O) groups excluding carboxylic acids is 1. The van der Waals surface area contributed by atoms with Crippen molar-refractivity contribution in [1.82, 2.24) is 14.7 Å². The predicted octanol–water partition coefficient (Wildman–Crippen LogP) is 2.51. The first kappa shape index (κ1) is 18.2. The highest BCUT2D eigenvalue weighted by Gasteiger charge is 2.21. The van der Waals surface area contributed by atoms with Gasteiger partial charge in [0.15, 0.2) is 0 Å². The maximum Gasteiger partial charge on any atom is 0.290 e. The van der Waals surface area contributed by atoms with Gasteiger partial charge in [0.2, 0.25) is 5.91 Å². The molecule has 0 bridgehead atoms. The Morgan fingerprint density at radius 1 is 1.29 bits per heavy atom. The van der Waals surface area contributed by atoms with Crippen LogP contribution in [0.25, 0.3) is 10.6 Å². The number of aryl methyl sites for hydroxylation is 1. The molecule has 2 aromatic rings. The first-order valence-corrected chi connectivity index (χ1v) is 8.78. The summed E-state index contributed by atoms with van der Waals surface area (Å²) in [5.41, 5.74) is 6.11. The molecule has 6 nitrogen and oxygen atoms in total. The monoisotopic (exact) mass is 348 g/mol. The number of amides is 1. The Kier molecular flexibility index (Phi) is 5.43. The number of rotatable bonds is 5. The van der Waals surface area contributed by atoms with Crippen LogP contribution >= 0.6 is 11.3 Å².